The van der Waals surface area contributed by atoms with Crippen LogP contribution in [0.4, 0.5) is 0 Å². The van der Waals surface area contributed by atoms with Crippen molar-refractivity contribution in [1.82, 2.24) is 10.2 Å². The third-order valence-corrected chi connectivity index (χ3v) is 8.99. The number of hydrogen-bond donors (Lipinski definition) is 1. The molecule has 7 nitrogen and oxygen atoms in total. The van der Waals surface area contributed by atoms with Crippen molar-refractivity contribution in [3.63, 3.8) is 0 Å². The molecule has 1 saturated heterocycles. The maximum absolute atomic E-state index is 13.5. The maximum Gasteiger partial charge on any atom is 0.231 e. The lowest BCUT2D eigenvalue weighted by Gasteiger charge is -2.66. The molecule has 176 valence electrons. The van der Waals surface area contributed by atoms with E-state index < -0.39 is 5.41 Å². The fourth-order valence-electron chi connectivity index (χ4n) is 7.98. The first-order valence-corrected chi connectivity index (χ1v) is 12.2. The molecule has 3 atom stereocenters. The van der Waals surface area contributed by atoms with Crippen LogP contribution in [-0.4, -0.2) is 41.9 Å². The highest BCUT2D eigenvalue weighted by atomic mass is 16.7. The van der Waals surface area contributed by atoms with Crippen LogP contribution < -0.4 is 14.8 Å². The summed E-state index contributed by atoms with van der Waals surface area (Å²) >= 11 is 0. The molecular formula is C26H32N2O5. The molecule has 4 saturated carbocycles. The van der Waals surface area contributed by atoms with E-state index in [-0.39, 0.29) is 48.4 Å². The molecule has 2 aliphatic heterocycles. The van der Waals surface area contributed by atoms with Gasteiger partial charge in [0.15, 0.2) is 11.5 Å². The minimum Gasteiger partial charge on any atom is -0.454 e. The Morgan fingerprint density at radius 2 is 1.85 bits per heavy atom. The number of β-lactam (4-membered cyclic amide) rings is 1. The maximum atomic E-state index is 13.5. The van der Waals surface area contributed by atoms with Gasteiger partial charge in [0.2, 0.25) is 18.6 Å². The number of Topliss-reactive ketones (excluding diaryl/α,β-unsaturated/α-hetero) is 1. The first kappa shape index (κ1) is 21.0. The van der Waals surface area contributed by atoms with Gasteiger partial charge in [-0.1, -0.05) is 12.1 Å². The summed E-state index contributed by atoms with van der Waals surface area (Å²) in [4.78, 5) is 40.3. The van der Waals surface area contributed by atoms with Crippen molar-refractivity contribution in [2.45, 2.75) is 65.0 Å². The molecule has 2 amide bonds. The van der Waals surface area contributed by atoms with Crippen LogP contribution in [0.3, 0.4) is 0 Å². The first-order valence-electron chi connectivity index (χ1n) is 12.2. The fourth-order valence-corrected chi connectivity index (χ4v) is 7.98. The van der Waals surface area contributed by atoms with Gasteiger partial charge in [-0.05, 0) is 76.7 Å². The van der Waals surface area contributed by atoms with Crippen LogP contribution in [0.2, 0.25) is 0 Å². The first-order chi connectivity index (χ1) is 15.7. The molecule has 4 bridgehead atoms. The Labute approximate surface area is 194 Å². The molecule has 2 heterocycles. The number of para-hydroxylation sites is 1. The summed E-state index contributed by atoms with van der Waals surface area (Å²) < 4.78 is 11.4. The van der Waals surface area contributed by atoms with Gasteiger partial charge in [-0.3, -0.25) is 14.4 Å². The van der Waals surface area contributed by atoms with Crippen molar-refractivity contribution in [2.75, 3.05) is 13.3 Å². The Kier molecular flexibility index (Phi) is 4.43. The van der Waals surface area contributed by atoms with Crippen molar-refractivity contribution in [3.05, 3.63) is 23.8 Å². The van der Waals surface area contributed by atoms with E-state index in [0.29, 0.717) is 17.8 Å². The fraction of sp³-hybridized carbons (Fsp3) is 0.654. The SMILES string of the molecule is CC(=O)CNC(=O)C12CC3CC(C1)C(N1C(=O)C(C)(C)C1c1cccc4c1OCO4)C(C3)C2. The summed E-state index contributed by atoms with van der Waals surface area (Å²) in [6.45, 7) is 5.87. The largest absolute Gasteiger partial charge is 0.454 e. The topological polar surface area (TPSA) is 84.9 Å². The number of fused-ring (bicyclic) bond motifs is 1. The van der Waals surface area contributed by atoms with Crippen molar-refractivity contribution in [3.8, 4) is 11.5 Å². The quantitative estimate of drug-likeness (QED) is 0.694. The molecule has 7 heteroatoms. The van der Waals surface area contributed by atoms with E-state index in [4.69, 9.17) is 9.47 Å². The van der Waals surface area contributed by atoms with E-state index in [1.165, 1.54) is 6.92 Å². The third kappa shape index (κ3) is 2.90. The predicted octanol–water partition coefficient (Wildman–Crippen LogP) is 3.22. The number of ether oxygens (including phenoxy) is 2. The second kappa shape index (κ2) is 6.97. The Balaban J connectivity index is 1.31. The predicted molar refractivity (Wildman–Crippen MR) is 119 cm³/mol. The van der Waals surface area contributed by atoms with Crippen LogP contribution in [0.1, 0.15) is 64.5 Å². The summed E-state index contributed by atoms with van der Waals surface area (Å²) in [6, 6.07) is 6.04. The second-order valence-corrected chi connectivity index (χ2v) is 11.5. The van der Waals surface area contributed by atoms with Gasteiger partial charge < -0.3 is 19.7 Å². The summed E-state index contributed by atoms with van der Waals surface area (Å²) in [5.41, 5.74) is 0.135. The Morgan fingerprint density at radius 3 is 2.55 bits per heavy atom. The summed E-state index contributed by atoms with van der Waals surface area (Å²) in [5.74, 6) is 2.87. The van der Waals surface area contributed by atoms with Crippen LogP contribution in [0.15, 0.2) is 18.2 Å². The van der Waals surface area contributed by atoms with Crippen LogP contribution in [0.5, 0.6) is 11.5 Å². The highest BCUT2D eigenvalue weighted by molar-refractivity contribution is 5.91. The third-order valence-electron chi connectivity index (χ3n) is 8.99. The van der Waals surface area contributed by atoms with Crippen molar-refractivity contribution >= 4 is 17.6 Å². The zero-order valence-electron chi connectivity index (χ0n) is 19.6. The van der Waals surface area contributed by atoms with E-state index >= 15 is 0 Å². The van der Waals surface area contributed by atoms with Gasteiger partial charge in [-0.15, -0.1) is 0 Å². The normalized spacial score (nSPS) is 37.1. The van der Waals surface area contributed by atoms with Crippen molar-refractivity contribution < 1.29 is 23.9 Å². The molecular weight excluding hydrogens is 420 g/mol. The summed E-state index contributed by atoms with van der Waals surface area (Å²) in [6.07, 6.45) is 4.67. The van der Waals surface area contributed by atoms with E-state index in [9.17, 15) is 14.4 Å². The molecule has 1 aromatic rings. The average molecular weight is 453 g/mol. The van der Waals surface area contributed by atoms with E-state index in [1.807, 2.05) is 26.0 Å². The van der Waals surface area contributed by atoms with Gasteiger partial charge in [0, 0.05) is 11.6 Å². The molecule has 1 aromatic carbocycles. The number of carbonyl (C=O) groups excluding carboxylic acids is 3. The zero-order valence-corrected chi connectivity index (χ0v) is 19.6. The molecule has 0 aromatic heterocycles. The van der Waals surface area contributed by atoms with Gasteiger partial charge in [-0.2, -0.15) is 0 Å². The highest BCUT2D eigenvalue weighted by Gasteiger charge is 2.66. The van der Waals surface area contributed by atoms with Crippen LogP contribution >= 0.6 is 0 Å². The van der Waals surface area contributed by atoms with E-state index in [1.54, 1.807) is 0 Å². The zero-order chi connectivity index (χ0) is 23.1. The number of benzene rings is 1. The number of ketones is 1. The lowest BCUT2D eigenvalue weighted by Crippen LogP contribution is -2.71. The lowest BCUT2D eigenvalue weighted by atomic mass is 9.46. The molecule has 5 fully saturated rings. The molecule has 0 radical (unpaired) electrons. The number of carbonyl (C=O) groups is 3. The number of nitrogens with one attached hydrogen (secondary N) is 1. The molecule has 3 unspecified atom stereocenters. The smallest absolute Gasteiger partial charge is 0.231 e. The molecule has 1 N–H and O–H groups in total. The highest BCUT2D eigenvalue weighted by Crippen LogP contribution is 2.65. The summed E-state index contributed by atoms with van der Waals surface area (Å²) in [5, 5.41) is 2.90. The van der Waals surface area contributed by atoms with E-state index in [0.717, 1.165) is 49.2 Å². The van der Waals surface area contributed by atoms with Gasteiger partial charge in [-0.25, -0.2) is 0 Å². The number of hydrogen-bond acceptors (Lipinski definition) is 5. The van der Waals surface area contributed by atoms with Gasteiger partial charge in [0.1, 0.15) is 5.78 Å². The Hall–Kier alpha value is -2.57. The van der Waals surface area contributed by atoms with Crippen LogP contribution in [0.25, 0.3) is 0 Å². The van der Waals surface area contributed by atoms with E-state index in [2.05, 4.69) is 16.3 Å². The second-order valence-electron chi connectivity index (χ2n) is 11.5. The van der Waals surface area contributed by atoms with Gasteiger partial charge in [0.25, 0.3) is 0 Å². The van der Waals surface area contributed by atoms with Crippen molar-refractivity contribution in [1.29, 1.82) is 0 Å². The number of likely N-dealkylation sites (tertiary alicyclic amines) is 1. The summed E-state index contributed by atoms with van der Waals surface area (Å²) in [7, 11) is 0. The Bertz CT molecular complexity index is 1030. The number of nitrogens with zero attached hydrogens (tertiary/aromatic N) is 1. The lowest BCUT2D eigenvalue weighted by molar-refractivity contribution is -0.199. The monoisotopic (exact) mass is 452 g/mol. The molecule has 6 aliphatic rings. The van der Waals surface area contributed by atoms with Crippen LogP contribution in [-0.2, 0) is 14.4 Å². The van der Waals surface area contributed by atoms with Crippen molar-refractivity contribution in [2.24, 2.45) is 28.6 Å². The number of amides is 2. The average Bonchev–Trinajstić information content (AvgIpc) is 3.25. The van der Waals surface area contributed by atoms with Gasteiger partial charge >= 0.3 is 0 Å². The minimum atomic E-state index is -0.508. The Morgan fingerprint density at radius 1 is 1.12 bits per heavy atom. The standard InChI is InChI=1S/C26H32N2O5/c1-14(29)12-27-23(30)26-9-15-7-16(10-26)20(17(8-15)11-26)28-22(25(2,3)24(28)31)18-5-4-6-19-21(18)33-13-32-19/h4-6,15-17,20,22H,7-13H2,1-3H3,(H,27,30). The molecule has 0 spiro atoms. The molecule has 4 aliphatic carbocycles. The minimum absolute atomic E-state index is 0.0243. The van der Waals surface area contributed by atoms with Gasteiger partial charge in [0.05, 0.1) is 23.4 Å². The molecule has 33 heavy (non-hydrogen) atoms. The molecule has 7 rings (SSSR count). The van der Waals surface area contributed by atoms with Crippen LogP contribution in [0, 0.1) is 28.6 Å². The number of rotatable bonds is 5.